The smallest absolute Gasteiger partial charge is 0.0996 e. The molecule has 4 nitrogen and oxygen atoms in total. The first-order valence-electron chi connectivity index (χ1n) is 5.84. The molecule has 0 saturated heterocycles. The topological polar surface area (TPSA) is 53.6 Å². The van der Waals surface area contributed by atoms with Gasteiger partial charge < -0.3 is 5.32 Å². The number of aromatic amines is 1. The molecule has 1 fully saturated rings. The van der Waals surface area contributed by atoms with Crippen LogP contribution in [0.2, 0.25) is 0 Å². The van der Waals surface area contributed by atoms with Gasteiger partial charge in [-0.05, 0) is 31.7 Å². The van der Waals surface area contributed by atoms with Crippen molar-refractivity contribution in [3.8, 4) is 0 Å². The van der Waals surface area contributed by atoms with Crippen LogP contribution in [0, 0.1) is 11.8 Å². The summed E-state index contributed by atoms with van der Waals surface area (Å²) in [5.41, 5.74) is 1.05. The van der Waals surface area contributed by atoms with Crippen LogP contribution in [0.3, 0.4) is 0 Å². The SMILES string of the molecule is CNC(c1cn[nH]n1)C1CCC(C)CC1. The third-order valence-electron chi connectivity index (χ3n) is 3.60. The Labute approximate surface area is 90.8 Å². The predicted molar refractivity (Wildman–Crippen MR) is 59.3 cm³/mol. The summed E-state index contributed by atoms with van der Waals surface area (Å²) < 4.78 is 0. The van der Waals surface area contributed by atoms with Crippen LogP contribution in [0.25, 0.3) is 0 Å². The molecule has 0 radical (unpaired) electrons. The molecule has 1 aromatic heterocycles. The fraction of sp³-hybridized carbons (Fsp3) is 0.818. The Morgan fingerprint density at radius 3 is 2.67 bits per heavy atom. The van der Waals surface area contributed by atoms with Gasteiger partial charge in [-0.1, -0.05) is 19.8 Å². The number of hydrogen-bond acceptors (Lipinski definition) is 3. The van der Waals surface area contributed by atoms with E-state index < -0.39 is 0 Å². The maximum atomic E-state index is 4.18. The lowest BCUT2D eigenvalue weighted by atomic mass is 9.78. The van der Waals surface area contributed by atoms with Crippen LogP contribution in [0.1, 0.15) is 44.3 Å². The van der Waals surface area contributed by atoms with E-state index in [-0.39, 0.29) is 0 Å². The molecule has 1 atom stereocenters. The summed E-state index contributed by atoms with van der Waals surface area (Å²) in [6.07, 6.45) is 7.14. The van der Waals surface area contributed by atoms with E-state index in [1.165, 1.54) is 25.7 Å². The Bertz CT molecular complexity index is 275. The number of H-pyrrole nitrogens is 1. The van der Waals surface area contributed by atoms with Crippen molar-refractivity contribution in [1.29, 1.82) is 0 Å². The maximum absolute atomic E-state index is 4.18. The van der Waals surface area contributed by atoms with Crippen molar-refractivity contribution >= 4 is 0 Å². The minimum atomic E-state index is 0.372. The summed E-state index contributed by atoms with van der Waals surface area (Å²) in [4.78, 5) is 0. The summed E-state index contributed by atoms with van der Waals surface area (Å²) in [5.74, 6) is 1.62. The second kappa shape index (κ2) is 4.75. The molecule has 1 saturated carbocycles. The predicted octanol–water partition coefficient (Wildman–Crippen LogP) is 1.89. The van der Waals surface area contributed by atoms with E-state index in [2.05, 4.69) is 27.7 Å². The lowest BCUT2D eigenvalue weighted by molar-refractivity contribution is 0.235. The van der Waals surface area contributed by atoms with E-state index in [9.17, 15) is 0 Å². The van der Waals surface area contributed by atoms with Gasteiger partial charge in [0.25, 0.3) is 0 Å². The molecule has 0 amide bonds. The Morgan fingerprint density at radius 2 is 2.13 bits per heavy atom. The standard InChI is InChI=1S/C11H20N4/c1-8-3-5-9(6-4-8)11(12-2)10-7-13-15-14-10/h7-9,11-12H,3-6H2,1-2H3,(H,13,14,15). The summed E-state index contributed by atoms with van der Waals surface area (Å²) in [6, 6.07) is 0.372. The van der Waals surface area contributed by atoms with E-state index >= 15 is 0 Å². The van der Waals surface area contributed by atoms with Gasteiger partial charge in [0.05, 0.1) is 17.9 Å². The van der Waals surface area contributed by atoms with Gasteiger partial charge in [-0.2, -0.15) is 15.4 Å². The monoisotopic (exact) mass is 208 g/mol. The minimum absolute atomic E-state index is 0.372. The van der Waals surface area contributed by atoms with Gasteiger partial charge in [0.2, 0.25) is 0 Å². The molecule has 1 aliphatic carbocycles. The molecule has 1 unspecified atom stereocenters. The summed E-state index contributed by atoms with van der Waals surface area (Å²) in [7, 11) is 2.01. The fourth-order valence-electron chi connectivity index (χ4n) is 2.60. The average molecular weight is 208 g/mol. The van der Waals surface area contributed by atoms with Crippen molar-refractivity contribution < 1.29 is 0 Å². The molecular formula is C11H20N4. The van der Waals surface area contributed by atoms with E-state index in [4.69, 9.17) is 0 Å². The van der Waals surface area contributed by atoms with Crippen LogP contribution in [-0.2, 0) is 0 Å². The Balaban J connectivity index is 2.01. The lowest BCUT2D eigenvalue weighted by Crippen LogP contribution is -2.28. The zero-order valence-corrected chi connectivity index (χ0v) is 9.53. The highest BCUT2D eigenvalue weighted by molar-refractivity contribution is 5.02. The third-order valence-corrected chi connectivity index (χ3v) is 3.60. The van der Waals surface area contributed by atoms with Gasteiger partial charge in [0.15, 0.2) is 0 Å². The van der Waals surface area contributed by atoms with Gasteiger partial charge >= 0.3 is 0 Å². The van der Waals surface area contributed by atoms with Crippen molar-refractivity contribution in [2.24, 2.45) is 11.8 Å². The summed E-state index contributed by atoms with van der Waals surface area (Å²) in [6.45, 7) is 2.35. The highest BCUT2D eigenvalue weighted by atomic mass is 15.3. The molecule has 15 heavy (non-hydrogen) atoms. The second-order valence-corrected chi connectivity index (χ2v) is 4.68. The molecule has 1 aliphatic rings. The Morgan fingerprint density at radius 1 is 1.40 bits per heavy atom. The van der Waals surface area contributed by atoms with E-state index in [0.717, 1.165) is 17.5 Å². The van der Waals surface area contributed by atoms with Gasteiger partial charge in [-0.25, -0.2) is 0 Å². The van der Waals surface area contributed by atoms with Crippen LogP contribution in [0.15, 0.2) is 6.20 Å². The number of hydrogen-bond donors (Lipinski definition) is 2. The van der Waals surface area contributed by atoms with Gasteiger partial charge in [-0.15, -0.1) is 0 Å². The first-order valence-corrected chi connectivity index (χ1v) is 5.84. The largest absolute Gasteiger partial charge is 0.311 e. The highest BCUT2D eigenvalue weighted by Gasteiger charge is 2.27. The van der Waals surface area contributed by atoms with Crippen LogP contribution in [0.5, 0.6) is 0 Å². The van der Waals surface area contributed by atoms with E-state index in [1.807, 2.05) is 13.2 Å². The average Bonchev–Trinajstić information content (AvgIpc) is 2.75. The highest BCUT2D eigenvalue weighted by Crippen LogP contribution is 2.35. The van der Waals surface area contributed by atoms with Crippen molar-refractivity contribution in [3.05, 3.63) is 11.9 Å². The zero-order chi connectivity index (χ0) is 10.7. The molecule has 2 rings (SSSR count). The van der Waals surface area contributed by atoms with Crippen LogP contribution in [0.4, 0.5) is 0 Å². The quantitative estimate of drug-likeness (QED) is 0.797. The zero-order valence-electron chi connectivity index (χ0n) is 9.53. The summed E-state index contributed by atoms with van der Waals surface area (Å²) in [5, 5.41) is 14.1. The Hall–Kier alpha value is -0.900. The van der Waals surface area contributed by atoms with Crippen LogP contribution in [-0.4, -0.2) is 22.5 Å². The molecule has 0 aromatic carbocycles. The molecule has 0 spiro atoms. The molecule has 1 aromatic rings. The van der Waals surface area contributed by atoms with Gasteiger partial charge in [-0.3, -0.25) is 0 Å². The molecule has 1 heterocycles. The molecule has 84 valence electrons. The van der Waals surface area contributed by atoms with Crippen molar-refractivity contribution in [2.45, 2.75) is 38.6 Å². The van der Waals surface area contributed by atoms with E-state index in [0.29, 0.717) is 6.04 Å². The third kappa shape index (κ3) is 2.37. The van der Waals surface area contributed by atoms with Gasteiger partial charge in [0.1, 0.15) is 0 Å². The first kappa shape index (κ1) is 10.6. The number of aromatic nitrogens is 3. The second-order valence-electron chi connectivity index (χ2n) is 4.68. The molecule has 4 heteroatoms. The summed E-state index contributed by atoms with van der Waals surface area (Å²) >= 11 is 0. The van der Waals surface area contributed by atoms with Gasteiger partial charge in [0, 0.05) is 0 Å². The first-order chi connectivity index (χ1) is 7.31. The van der Waals surface area contributed by atoms with Crippen LogP contribution < -0.4 is 5.32 Å². The van der Waals surface area contributed by atoms with Crippen molar-refractivity contribution in [2.75, 3.05) is 7.05 Å². The Kier molecular flexibility index (Phi) is 3.36. The fourth-order valence-corrected chi connectivity index (χ4v) is 2.60. The minimum Gasteiger partial charge on any atom is -0.311 e. The number of nitrogens with zero attached hydrogens (tertiary/aromatic N) is 2. The van der Waals surface area contributed by atoms with Crippen LogP contribution >= 0.6 is 0 Å². The normalized spacial score (nSPS) is 28.9. The number of nitrogens with one attached hydrogen (secondary N) is 2. The van der Waals surface area contributed by atoms with E-state index in [1.54, 1.807) is 0 Å². The maximum Gasteiger partial charge on any atom is 0.0996 e. The molecular weight excluding hydrogens is 188 g/mol. The molecule has 2 N–H and O–H groups in total. The number of rotatable bonds is 3. The molecule has 0 aliphatic heterocycles. The van der Waals surface area contributed by atoms with Crippen molar-refractivity contribution in [1.82, 2.24) is 20.7 Å². The lowest BCUT2D eigenvalue weighted by Gasteiger charge is -2.31. The van der Waals surface area contributed by atoms with Crippen molar-refractivity contribution in [3.63, 3.8) is 0 Å². The molecule has 0 bridgehead atoms.